The molecular weight excluding hydrogens is 372 g/mol. The van der Waals surface area contributed by atoms with Gasteiger partial charge in [-0.05, 0) is 72.1 Å². The highest BCUT2D eigenvalue weighted by atomic mass is 32.2. The number of aryl methyl sites for hydroxylation is 1. The zero-order valence-electron chi connectivity index (χ0n) is 15.9. The largest absolute Gasteiger partial charge is 0.497 e. The minimum atomic E-state index is -3.70. The fourth-order valence-electron chi connectivity index (χ4n) is 2.89. The standard InChI is InChI=1S/C22H20N2O3S/c1-16-4-9-19(14-22(16)18-7-5-17(15-23)6-8-18)24(2)28(25,26)21-12-10-20(27-3)11-13-21/h4-14H,1-3H3. The Balaban J connectivity index is 1.99. The molecule has 0 saturated heterocycles. The summed E-state index contributed by atoms with van der Waals surface area (Å²) in [5, 5.41) is 8.97. The lowest BCUT2D eigenvalue weighted by molar-refractivity contribution is 0.414. The summed E-state index contributed by atoms with van der Waals surface area (Å²) >= 11 is 0. The number of hydrogen-bond donors (Lipinski definition) is 0. The van der Waals surface area contributed by atoms with E-state index in [1.807, 2.05) is 31.2 Å². The molecule has 0 N–H and O–H groups in total. The van der Waals surface area contributed by atoms with Gasteiger partial charge in [0, 0.05) is 7.05 Å². The minimum absolute atomic E-state index is 0.191. The van der Waals surface area contributed by atoms with Gasteiger partial charge in [-0.3, -0.25) is 4.31 Å². The molecule has 3 rings (SSSR count). The van der Waals surface area contributed by atoms with Crippen molar-refractivity contribution >= 4 is 15.7 Å². The van der Waals surface area contributed by atoms with Crippen LogP contribution in [0.4, 0.5) is 5.69 Å². The molecule has 0 atom stereocenters. The quantitative estimate of drug-likeness (QED) is 0.647. The third kappa shape index (κ3) is 3.71. The molecule has 0 unspecified atom stereocenters. The molecule has 0 radical (unpaired) electrons. The Labute approximate surface area is 165 Å². The summed E-state index contributed by atoms with van der Waals surface area (Å²) in [5.41, 5.74) is 3.99. The fourth-order valence-corrected chi connectivity index (χ4v) is 4.07. The number of ether oxygens (including phenoxy) is 1. The summed E-state index contributed by atoms with van der Waals surface area (Å²) in [4.78, 5) is 0.191. The van der Waals surface area contributed by atoms with Gasteiger partial charge in [-0.1, -0.05) is 18.2 Å². The van der Waals surface area contributed by atoms with Crippen LogP contribution < -0.4 is 9.04 Å². The van der Waals surface area contributed by atoms with Gasteiger partial charge in [-0.15, -0.1) is 0 Å². The van der Waals surface area contributed by atoms with Crippen molar-refractivity contribution in [3.8, 4) is 22.9 Å². The lowest BCUT2D eigenvalue weighted by Crippen LogP contribution is -2.26. The number of benzene rings is 3. The summed E-state index contributed by atoms with van der Waals surface area (Å²) in [6, 6.07) is 21.1. The van der Waals surface area contributed by atoms with Crippen molar-refractivity contribution in [1.29, 1.82) is 5.26 Å². The second kappa shape index (κ2) is 7.75. The van der Waals surface area contributed by atoms with Crippen LogP contribution in [0.5, 0.6) is 5.75 Å². The van der Waals surface area contributed by atoms with Crippen LogP contribution in [0.25, 0.3) is 11.1 Å². The molecule has 28 heavy (non-hydrogen) atoms. The Kier molecular flexibility index (Phi) is 5.39. The molecule has 0 aromatic heterocycles. The summed E-state index contributed by atoms with van der Waals surface area (Å²) in [6.45, 7) is 1.97. The second-order valence-electron chi connectivity index (χ2n) is 6.34. The van der Waals surface area contributed by atoms with E-state index in [1.54, 1.807) is 30.3 Å². The van der Waals surface area contributed by atoms with Crippen molar-refractivity contribution in [3.05, 3.63) is 77.9 Å². The van der Waals surface area contributed by atoms with Crippen molar-refractivity contribution in [1.82, 2.24) is 0 Å². The maximum atomic E-state index is 13.0. The lowest BCUT2D eigenvalue weighted by Gasteiger charge is -2.21. The van der Waals surface area contributed by atoms with Crippen molar-refractivity contribution in [2.45, 2.75) is 11.8 Å². The number of methoxy groups -OCH3 is 1. The fraction of sp³-hybridized carbons (Fsp3) is 0.136. The molecule has 0 aliphatic carbocycles. The lowest BCUT2D eigenvalue weighted by atomic mass is 9.99. The van der Waals surface area contributed by atoms with Crippen LogP contribution in [0.1, 0.15) is 11.1 Å². The van der Waals surface area contributed by atoms with Gasteiger partial charge in [0.25, 0.3) is 10.0 Å². The number of rotatable bonds is 5. The summed E-state index contributed by atoms with van der Waals surface area (Å²) in [7, 11) is -0.636. The van der Waals surface area contributed by atoms with E-state index in [4.69, 9.17) is 10.00 Å². The first-order valence-electron chi connectivity index (χ1n) is 8.61. The molecule has 0 amide bonds. The van der Waals surface area contributed by atoms with E-state index in [0.717, 1.165) is 16.7 Å². The first kappa shape index (κ1) is 19.5. The van der Waals surface area contributed by atoms with Gasteiger partial charge in [0.15, 0.2) is 0 Å². The van der Waals surface area contributed by atoms with Gasteiger partial charge in [0.1, 0.15) is 5.75 Å². The Morgan fingerprint density at radius 3 is 2.18 bits per heavy atom. The van der Waals surface area contributed by atoms with Crippen LogP contribution in [0.2, 0.25) is 0 Å². The molecule has 0 spiro atoms. The molecule has 3 aromatic carbocycles. The maximum absolute atomic E-state index is 13.0. The molecule has 0 fully saturated rings. The third-order valence-corrected chi connectivity index (χ3v) is 6.43. The van der Waals surface area contributed by atoms with Gasteiger partial charge in [-0.2, -0.15) is 5.26 Å². The topological polar surface area (TPSA) is 70.4 Å². The minimum Gasteiger partial charge on any atom is -0.497 e. The Bertz CT molecular complexity index is 1130. The van der Waals surface area contributed by atoms with Crippen LogP contribution in [0.3, 0.4) is 0 Å². The Morgan fingerprint density at radius 2 is 1.61 bits per heavy atom. The van der Waals surface area contributed by atoms with E-state index in [9.17, 15) is 8.42 Å². The zero-order chi connectivity index (χ0) is 20.3. The number of sulfonamides is 1. The molecule has 3 aromatic rings. The smallest absolute Gasteiger partial charge is 0.264 e. The van der Waals surface area contributed by atoms with E-state index in [2.05, 4.69) is 6.07 Å². The predicted octanol–water partition coefficient (Wildman–Crippen LogP) is 4.37. The van der Waals surface area contributed by atoms with E-state index in [0.29, 0.717) is 17.0 Å². The third-order valence-electron chi connectivity index (χ3n) is 4.63. The van der Waals surface area contributed by atoms with E-state index < -0.39 is 10.0 Å². The Hall–Kier alpha value is -3.30. The second-order valence-corrected chi connectivity index (χ2v) is 8.31. The van der Waals surface area contributed by atoms with Gasteiger partial charge >= 0.3 is 0 Å². The summed E-state index contributed by atoms with van der Waals surface area (Å²) in [6.07, 6.45) is 0. The highest BCUT2D eigenvalue weighted by molar-refractivity contribution is 7.92. The zero-order valence-corrected chi connectivity index (χ0v) is 16.7. The van der Waals surface area contributed by atoms with Gasteiger partial charge in [0.05, 0.1) is 29.3 Å². The monoisotopic (exact) mass is 392 g/mol. The van der Waals surface area contributed by atoms with Crippen LogP contribution in [0.15, 0.2) is 71.6 Å². The average Bonchev–Trinajstić information content (AvgIpc) is 2.73. The molecule has 0 saturated carbocycles. The van der Waals surface area contributed by atoms with Crippen LogP contribution in [0, 0.1) is 18.3 Å². The average molecular weight is 392 g/mol. The van der Waals surface area contributed by atoms with Crippen LogP contribution in [-0.2, 0) is 10.0 Å². The summed E-state index contributed by atoms with van der Waals surface area (Å²) < 4.78 is 32.4. The number of nitrogens with zero attached hydrogens (tertiary/aromatic N) is 2. The number of anilines is 1. The van der Waals surface area contributed by atoms with Crippen molar-refractivity contribution in [2.24, 2.45) is 0 Å². The first-order valence-corrected chi connectivity index (χ1v) is 10.0. The van der Waals surface area contributed by atoms with Crippen LogP contribution in [-0.4, -0.2) is 22.6 Å². The maximum Gasteiger partial charge on any atom is 0.264 e. The molecule has 0 aliphatic rings. The van der Waals surface area contributed by atoms with Crippen molar-refractivity contribution in [2.75, 3.05) is 18.5 Å². The van der Waals surface area contributed by atoms with Gasteiger partial charge < -0.3 is 4.74 Å². The Morgan fingerprint density at radius 1 is 0.964 bits per heavy atom. The number of hydrogen-bond acceptors (Lipinski definition) is 4. The highest BCUT2D eigenvalue weighted by Crippen LogP contribution is 2.30. The predicted molar refractivity (Wildman–Crippen MR) is 110 cm³/mol. The van der Waals surface area contributed by atoms with Crippen LogP contribution >= 0.6 is 0 Å². The molecular formula is C22H20N2O3S. The molecule has 0 bridgehead atoms. The molecule has 5 nitrogen and oxygen atoms in total. The normalized spacial score (nSPS) is 10.9. The van der Waals surface area contributed by atoms with E-state index in [1.165, 1.54) is 30.6 Å². The van der Waals surface area contributed by atoms with Crippen molar-refractivity contribution in [3.63, 3.8) is 0 Å². The summed E-state index contributed by atoms with van der Waals surface area (Å²) in [5.74, 6) is 0.597. The highest BCUT2D eigenvalue weighted by Gasteiger charge is 2.22. The van der Waals surface area contributed by atoms with Gasteiger partial charge in [0.2, 0.25) is 0 Å². The molecule has 0 heterocycles. The van der Waals surface area contributed by atoms with Gasteiger partial charge in [-0.25, -0.2) is 8.42 Å². The number of nitriles is 1. The molecule has 0 aliphatic heterocycles. The van der Waals surface area contributed by atoms with E-state index in [-0.39, 0.29) is 4.90 Å². The molecule has 6 heteroatoms. The SMILES string of the molecule is COc1ccc(S(=O)(=O)N(C)c2ccc(C)c(-c3ccc(C#N)cc3)c2)cc1. The molecule has 142 valence electrons. The van der Waals surface area contributed by atoms with Crippen molar-refractivity contribution < 1.29 is 13.2 Å². The van der Waals surface area contributed by atoms with E-state index >= 15 is 0 Å². The first-order chi connectivity index (χ1) is 13.4.